The Labute approximate surface area is 172 Å². The Bertz CT molecular complexity index is 1220. The van der Waals surface area contributed by atoms with Gasteiger partial charge >= 0.3 is 0 Å². The third kappa shape index (κ3) is 4.28. The zero-order valence-electron chi connectivity index (χ0n) is 15.8. The average Bonchev–Trinajstić information content (AvgIpc) is 3.38. The van der Waals surface area contributed by atoms with Crippen LogP contribution in [0.25, 0.3) is 23.0 Å². The van der Waals surface area contributed by atoms with Crippen LogP contribution in [0, 0.1) is 6.92 Å². The molecule has 0 N–H and O–H groups in total. The quantitative estimate of drug-likeness (QED) is 0.401. The van der Waals surface area contributed by atoms with E-state index in [1.54, 1.807) is 48.2 Å². The number of hydrogen-bond acceptors (Lipinski definition) is 7. The van der Waals surface area contributed by atoms with E-state index >= 15 is 0 Å². The van der Waals surface area contributed by atoms with Crippen molar-refractivity contribution >= 4 is 21.6 Å². The van der Waals surface area contributed by atoms with E-state index in [9.17, 15) is 8.42 Å². The molecule has 0 saturated heterocycles. The third-order valence-electron chi connectivity index (χ3n) is 4.36. The minimum atomic E-state index is -3.51. The maximum atomic E-state index is 12.6. The Morgan fingerprint density at radius 1 is 0.966 bits per heavy atom. The van der Waals surface area contributed by atoms with E-state index in [4.69, 9.17) is 8.94 Å². The van der Waals surface area contributed by atoms with Crippen LogP contribution in [0.2, 0.25) is 0 Å². The first kappa shape index (κ1) is 19.5. The average molecular weight is 427 g/mol. The maximum Gasteiger partial charge on any atom is 0.293 e. The van der Waals surface area contributed by atoms with Crippen LogP contribution in [0.4, 0.5) is 0 Å². The highest BCUT2D eigenvalue weighted by Gasteiger charge is 2.20. The van der Waals surface area contributed by atoms with Crippen LogP contribution >= 0.6 is 11.8 Å². The number of furan rings is 1. The van der Waals surface area contributed by atoms with Gasteiger partial charge < -0.3 is 8.94 Å². The molecule has 29 heavy (non-hydrogen) atoms. The number of aromatic nitrogens is 2. The standard InChI is InChI=1S/C21H18N2O4S2/c1-14-3-10-18(11-4-14)29(24,25)13-16-7-12-19(26-16)21-22-20(23-27-21)15-5-8-17(28-2)9-6-15/h3-12H,13H2,1-2H3. The summed E-state index contributed by atoms with van der Waals surface area (Å²) in [5.41, 5.74) is 1.83. The molecule has 0 amide bonds. The minimum Gasteiger partial charge on any atom is -0.455 e. The summed E-state index contributed by atoms with van der Waals surface area (Å²) in [4.78, 5) is 5.76. The fraction of sp³-hybridized carbons (Fsp3) is 0.143. The van der Waals surface area contributed by atoms with Crippen LogP contribution in [0.1, 0.15) is 11.3 Å². The van der Waals surface area contributed by atoms with Gasteiger partial charge in [0.15, 0.2) is 15.6 Å². The lowest BCUT2D eigenvalue weighted by Crippen LogP contribution is -2.04. The summed E-state index contributed by atoms with van der Waals surface area (Å²) in [7, 11) is -3.51. The molecule has 4 rings (SSSR count). The van der Waals surface area contributed by atoms with Crippen molar-refractivity contribution in [3.63, 3.8) is 0 Å². The van der Waals surface area contributed by atoms with Crippen molar-refractivity contribution in [2.45, 2.75) is 22.5 Å². The Morgan fingerprint density at radius 2 is 1.69 bits per heavy atom. The topological polar surface area (TPSA) is 86.2 Å². The lowest BCUT2D eigenvalue weighted by Gasteiger charge is -2.02. The van der Waals surface area contributed by atoms with Crippen molar-refractivity contribution in [2.24, 2.45) is 0 Å². The number of sulfone groups is 1. The van der Waals surface area contributed by atoms with E-state index in [-0.39, 0.29) is 16.5 Å². The van der Waals surface area contributed by atoms with Gasteiger partial charge in [0.05, 0.1) is 4.90 Å². The lowest BCUT2D eigenvalue weighted by atomic mass is 10.2. The molecule has 0 aliphatic heterocycles. The van der Waals surface area contributed by atoms with Crippen molar-refractivity contribution in [2.75, 3.05) is 6.26 Å². The maximum absolute atomic E-state index is 12.6. The van der Waals surface area contributed by atoms with Crippen molar-refractivity contribution in [1.82, 2.24) is 10.1 Å². The lowest BCUT2D eigenvalue weighted by molar-refractivity contribution is 0.413. The van der Waals surface area contributed by atoms with Gasteiger partial charge in [0.1, 0.15) is 11.5 Å². The van der Waals surface area contributed by atoms with Gasteiger partial charge in [-0.2, -0.15) is 4.98 Å². The van der Waals surface area contributed by atoms with Crippen LogP contribution < -0.4 is 0 Å². The molecule has 0 fully saturated rings. The van der Waals surface area contributed by atoms with Crippen LogP contribution in [-0.4, -0.2) is 24.8 Å². The van der Waals surface area contributed by atoms with Crippen LogP contribution in [-0.2, 0) is 15.6 Å². The van der Waals surface area contributed by atoms with E-state index < -0.39 is 9.84 Å². The van der Waals surface area contributed by atoms with Gasteiger partial charge in [-0.3, -0.25) is 0 Å². The van der Waals surface area contributed by atoms with E-state index in [1.165, 1.54) is 0 Å². The highest BCUT2D eigenvalue weighted by Crippen LogP contribution is 2.27. The minimum absolute atomic E-state index is 0.202. The van der Waals surface area contributed by atoms with Crippen molar-refractivity contribution < 1.29 is 17.4 Å². The first-order chi connectivity index (χ1) is 13.9. The summed E-state index contributed by atoms with van der Waals surface area (Å²) < 4.78 is 36.1. The van der Waals surface area contributed by atoms with Crippen molar-refractivity contribution in [1.29, 1.82) is 0 Å². The summed E-state index contributed by atoms with van der Waals surface area (Å²) >= 11 is 1.65. The largest absolute Gasteiger partial charge is 0.455 e. The smallest absolute Gasteiger partial charge is 0.293 e. The molecular formula is C21H18N2O4S2. The van der Waals surface area contributed by atoms with Gasteiger partial charge in [-0.1, -0.05) is 22.9 Å². The summed E-state index contributed by atoms with van der Waals surface area (Å²) in [5, 5.41) is 3.99. The molecule has 0 radical (unpaired) electrons. The Kier molecular flexibility index (Phi) is 5.29. The molecule has 8 heteroatoms. The normalized spacial score (nSPS) is 11.7. The zero-order valence-corrected chi connectivity index (χ0v) is 17.5. The Hall–Kier alpha value is -2.84. The van der Waals surface area contributed by atoms with Gasteiger partial charge in [0.25, 0.3) is 5.89 Å². The molecule has 2 aromatic carbocycles. The predicted octanol–water partition coefficient (Wildman–Crippen LogP) is 5.00. The second-order valence-corrected chi connectivity index (χ2v) is 9.36. The molecule has 0 spiro atoms. The van der Waals surface area contributed by atoms with Gasteiger partial charge in [-0.15, -0.1) is 11.8 Å². The fourth-order valence-electron chi connectivity index (χ4n) is 2.77. The molecule has 0 atom stereocenters. The Morgan fingerprint density at radius 3 is 2.38 bits per heavy atom. The second kappa shape index (κ2) is 7.88. The van der Waals surface area contributed by atoms with E-state index in [0.717, 1.165) is 16.0 Å². The van der Waals surface area contributed by atoms with Gasteiger partial charge in [-0.25, -0.2) is 8.42 Å². The molecule has 0 saturated carbocycles. The number of aryl methyl sites for hydroxylation is 1. The van der Waals surface area contributed by atoms with Crippen LogP contribution in [0.5, 0.6) is 0 Å². The zero-order chi connectivity index (χ0) is 20.4. The molecule has 6 nitrogen and oxygen atoms in total. The second-order valence-electron chi connectivity index (χ2n) is 6.49. The van der Waals surface area contributed by atoms with Crippen LogP contribution in [0.15, 0.2) is 79.4 Å². The summed E-state index contributed by atoms with van der Waals surface area (Å²) in [6.45, 7) is 1.91. The molecular weight excluding hydrogens is 408 g/mol. The third-order valence-corrected chi connectivity index (χ3v) is 6.76. The summed E-state index contributed by atoms with van der Waals surface area (Å²) in [6, 6.07) is 17.8. The van der Waals surface area contributed by atoms with E-state index in [2.05, 4.69) is 10.1 Å². The van der Waals surface area contributed by atoms with Gasteiger partial charge in [0, 0.05) is 10.5 Å². The highest BCUT2D eigenvalue weighted by molar-refractivity contribution is 7.98. The monoisotopic (exact) mass is 426 g/mol. The fourth-order valence-corrected chi connectivity index (χ4v) is 4.42. The number of benzene rings is 2. The molecule has 2 heterocycles. The van der Waals surface area contributed by atoms with Crippen molar-refractivity contribution in [3.05, 3.63) is 72.0 Å². The molecule has 0 bridgehead atoms. The van der Waals surface area contributed by atoms with Gasteiger partial charge in [-0.05, 0) is 61.7 Å². The number of nitrogens with zero attached hydrogens (tertiary/aromatic N) is 2. The van der Waals surface area contributed by atoms with E-state index in [1.807, 2.05) is 37.4 Å². The first-order valence-corrected chi connectivity index (χ1v) is 11.7. The molecule has 0 aliphatic carbocycles. The Balaban J connectivity index is 1.53. The SMILES string of the molecule is CSc1ccc(-c2noc(-c3ccc(CS(=O)(=O)c4ccc(C)cc4)o3)n2)cc1. The molecule has 148 valence electrons. The predicted molar refractivity (Wildman–Crippen MR) is 111 cm³/mol. The van der Waals surface area contributed by atoms with E-state index in [0.29, 0.717) is 17.3 Å². The highest BCUT2D eigenvalue weighted by atomic mass is 32.2. The van der Waals surface area contributed by atoms with Crippen molar-refractivity contribution in [3.8, 4) is 23.0 Å². The molecule has 4 aromatic rings. The first-order valence-electron chi connectivity index (χ1n) is 8.81. The molecule has 0 aliphatic rings. The summed E-state index contributed by atoms with van der Waals surface area (Å²) in [5.74, 6) is 1.04. The number of rotatable bonds is 6. The number of hydrogen-bond donors (Lipinski definition) is 0. The van der Waals surface area contributed by atoms with Gasteiger partial charge in [0.2, 0.25) is 5.82 Å². The molecule has 0 unspecified atom stereocenters. The summed E-state index contributed by atoms with van der Waals surface area (Å²) in [6.07, 6.45) is 2.01. The molecule has 2 aromatic heterocycles. The van der Waals surface area contributed by atoms with Crippen LogP contribution in [0.3, 0.4) is 0 Å². The number of thioether (sulfide) groups is 1.